The zero-order chi connectivity index (χ0) is 13.4. The van der Waals surface area contributed by atoms with E-state index in [4.69, 9.17) is 14.6 Å². The average molecular weight is 253 g/mol. The summed E-state index contributed by atoms with van der Waals surface area (Å²) in [5.74, 6) is 1.81. The van der Waals surface area contributed by atoms with Gasteiger partial charge in [-0.2, -0.15) is 0 Å². The number of nitrogens with one attached hydrogen (secondary N) is 1. The summed E-state index contributed by atoms with van der Waals surface area (Å²) in [7, 11) is 1.65. The smallest absolute Gasteiger partial charge is 0.124 e. The molecule has 0 saturated heterocycles. The van der Waals surface area contributed by atoms with E-state index in [1.54, 1.807) is 7.11 Å². The summed E-state index contributed by atoms with van der Waals surface area (Å²) in [6.45, 7) is 6.32. The van der Waals surface area contributed by atoms with Crippen molar-refractivity contribution < 1.29 is 14.6 Å². The Bertz CT molecular complexity index is 355. The molecular weight excluding hydrogens is 230 g/mol. The lowest BCUT2D eigenvalue weighted by Gasteiger charge is -2.15. The van der Waals surface area contributed by atoms with Gasteiger partial charge in [0, 0.05) is 24.6 Å². The molecule has 0 bridgehead atoms. The molecule has 18 heavy (non-hydrogen) atoms. The van der Waals surface area contributed by atoms with Crippen molar-refractivity contribution in [3.05, 3.63) is 23.8 Å². The first-order chi connectivity index (χ1) is 8.71. The zero-order valence-corrected chi connectivity index (χ0v) is 11.4. The minimum absolute atomic E-state index is 0.138. The normalized spacial score (nSPS) is 12.2. The van der Waals surface area contributed by atoms with Crippen molar-refractivity contribution in [1.29, 1.82) is 0 Å². The molecule has 0 radical (unpaired) electrons. The highest BCUT2D eigenvalue weighted by atomic mass is 16.5. The SMILES string of the molecule is CCNCc1cc(OC)ccc1OCC(C)CO. The predicted octanol–water partition coefficient (Wildman–Crippen LogP) is 1.81. The number of aliphatic hydroxyl groups excluding tert-OH is 1. The molecule has 0 amide bonds. The van der Waals surface area contributed by atoms with E-state index in [0.717, 1.165) is 30.2 Å². The Kier molecular flexibility index (Phi) is 6.54. The van der Waals surface area contributed by atoms with E-state index in [1.165, 1.54) is 0 Å². The van der Waals surface area contributed by atoms with Gasteiger partial charge < -0.3 is 19.9 Å². The first kappa shape index (κ1) is 14.8. The minimum atomic E-state index is 0.138. The summed E-state index contributed by atoms with van der Waals surface area (Å²) in [4.78, 5) is 0. The van der Waals surface area contributed by atoms with Gasteiger partial charge in [0.1, 0.15) is 11.5 Å². The number of rotatable bonds is 8. The van der Waals surface area contributed by atoms with Gasteiger partial charge in [0.15, 0.2) is 0 Å². The molecule has 1 atom stereocenters. The predicted molar refractivity (Wildman–Crippen MR) is 72.1 cm³/mol. The molecule has 0 aromatic heterocycles. The van der Waals surface area contributed by atoms with Crippen molar-refractivity contribution >= 4 is 0 Å². The average Bonchev–Trinajstić information content (AvgIpc) is 2.42. The Balaban J connectivity index is 2.74. The van der Waals surface area contributed by atoms with Crippen LogP contribution in [0.1, 0.15) is 19.4 Å². The van der Waals surface area contributed by atoms with Crippen molar-refractivity contribution in [1.82, 2.24) is 5.32 Å². The number of benzene rings is 1. The maximum absolute atomic E-state index is 8.99. The van der Waals surface area contributed by atoms with Crippen LogP contribution in [-0.4, -0.2) is 32.0 Å². The van der Waals surface area contributed by atoms with Crippen molar-refractivity contribution in [2.75, 3.05) is 26.9 Å². The van der Waals surface area contributed by atoms with Crippen LogP contribution in [0.25, 0.3) is 0 Å². The Labute approximate surface area is 109 Å². The molecule has 0 spiro atoms. The van der Waals surface area contributed by atoms with Crippen LogP contribution in [0.3, 0.4) is 0 Å². The molecule has 4 heteroatoms. The van der Waals surface area contributed by atoms with Gasteiger partial charge in [-0.1, -0.05) is 13.8 Å². The van der Waals surface area contributed by atoms with Crippen molar-refractivity contribution in [3.63, 3.8) is 0 Å². The number of aliphatic hydroxyl groups is 1. The van der Waals surface area contributed by atoms with Crippen LogP contribution in [0.2, 0.25) is 0 Å². The topological polar surface area (TPSA) is 50.7 Å². The maximum Gasteiger partial charge on any atom is 0.124 e. The van der Waals surface area contributed by atoms with E-state index in [0.29, 0.717) is 6.61 Å². The summed E-state index contributed by atoms with van der Waals surface area (Å²) < 4.78 is 10.9. The Morgan fingerprint density at radius 2 is 2.17 bits per heavy atom. The molecule has 0 aliphatic heterocycles. The highest BCUT2D eigenvalue weighted by Crippen LogP contribution is 2.24. The van der Waals surface area contributed by atoms with E-state index >= 15 is 0 Å². The lowest BCUT2D eigenvalue weighted by Crippen LogP contribution is -2.16. The van der Waals surface area contributed by atoms with Crippen molar-refractivity contribution in [2.45, 2.75) is 20.4 Å². The number of methoxy groups -OCH3 is 1. The lowest BCUT2D eigenvalue weighted by molar-refractivity contribution is 0.173. The molecule has 1 rings (SSSR count). The largest absolute Gasteiger partial charge is 0.497 e. The van der Waals surface area contributed by atoms with Gasteiger partial charge in [-0.25, -0.2) is 0 Å². The summed E-state index contributed by atoms with van der Waals surface area (Å²) in [6.07, 6.45) is 0. The number of hydrogen-bond donors (Lipinski definition) is 2. The third kappa shape index (κ3) is 4.55. The maximum atomic E-state index is 8.99. The molecule has 4 nitrogen and oxygen atoms in total. The van der Waals surface area contributed by atoms with Gasteiger partial charge in [0.2, 0.25) is 0 Å². The van der Waals surface area contributed by atoms with Crippen LogP contribution < -0.4 is 14.8 Å². The standard InChI is InChI=1S/C14H23NO3/c1-4-15-8-12-7-13(17-3)5-6-14(12)18-10-11(2)9-16/h5-7,11,15-16H,4,8-10H2,1-3H3. The van der Waals surface area contributed by atoms with Gasteiger partial charge >= 0.3 is 0 Å². The van der Waals surface area contributed by atoms with Gasteiger partial charge in [0.05, 0.1) is 13.7 Å². The van der Waals surface area contributed by atoms with E-state index in [9.17, 15) is 0 Å². The molecule has 1 unspecified atom stereocenters. The molecule has 0 fully saturated rings. The Morgan fingerprint density at radius 1 is 1.39 bits per heavy atom. The molecule has 0 saturated carbocycles. The van der Waals surface area contributed by atoms with E-state index in [1.807, 2.05) is 25.1 Å². The molecule has 0 heterocycles. The van der Waals surface area contributed by atoms with E-state index in [2.05, 4.69) is 12.2 Å². The van der Waals surface area contributed by atoms with Crippen LogP contribution in [0, 0.1) is 5.92 Å². The second-order valence-electron chi connectivity index (χ2n) is 4.35. The Morgan fingerprint density at radius 3 is 2.78 bits per heavy atom. The van der Waals surface area contributed by atoms with Crippen LogP contribution in [-0.2, 0) is 6.54 Å². The van der Waals surface area contributed by atoms with Crippen LogP contribution in [0.15, 0.2) is 18.2 Å². The Hall–Kier alpha value is -1.26. The van der Waals surface area contributed by atoms with Gasteiger partial charge in [-0.3, -0.25) is 0 Å². The van der Waals surface area contributed by atoms with Crippen LogP contribution >= 0.6 is 0 Å². The van der Waals surface area contributed by atoms with Crippen molar-refractivity contribution in [3.8, 4) is 11.5 Å². The fourth-order valence-electron chi connectivity index (χ4n) is 1.51. The molecule has 1 aromatic carbocycles. The highest BCUT2D eigenvalue weighted by Gasteiger charge is 2.07. The second kappa shape index (κ2) is 7.95. The first-order valence-corrected chi connectivity index (χ1v) is 6.32. The van der Waals surface area contributed by atoms with E-state index in [-0.39, 0.29) is 12.5 Å². The monoisotopic (exact) mass is 253 g/mol. The molecule has 2 N–H and O–H groups in total. The first-order valence-electron chi connectivity index (χ1n) is 6.32. The number of ether oxygens (including phenoxy) is 2. The fourth-order valence-corrected chi connectivity index (χ4v) is 1.51. The second-order valence-corrected chi connectivity index (χ2v) is 4.35. The third-order valence-electron chi connectivity index (χ3n) is 2.67. The summed E-state index contributed by atoms with van der Waals surface area (Å²) in [5, 5.41) is 12.3. The van der Waals surface area contributed by atoms with E-state index < -0.39 is 0 Å². The number of hydrogen-bond acceptors (Lipinski definition) is 4. The fraction of sp³-hybridized carbons (Fsp3) is 0.571. The van der Waals surface area contributed by atoms with Gasteiger partial charge in [-0.05, 0) is 24.7 Å². The van der Waals surface area contributed by atoms with Gasteiger partial charge in [0.25, 0.3) is 0 Å². The highest BCUT2D eigenvalue weighted by molar-refractivity contribution is 5.40. The third-order valence-corrected chi connectivity index (χ3v) is 2.67. The molecule has 102 valence electrons. The minimum Gasteiger partial charge on any atom is -0.497 e. The molecule has 0 aliphatic carbocycles. The van der Waals surface area contributed by atoms with Crippen molar-refractivity contribution in [2.24, 2.45) is 5.92 Å². The lowest BCUT2D eigenvalue weighted by atomic mass is 10.1. The summed E-state index contributed by atoms with van der Waals surface area (Å²) in [6, 6.07) is 5.77. The molecular formula is C14H23NO3. The zero-order valence-electron chi connectivity index (χ0n) is 11.4. The van der Waals surface area contributed by atoms with Crippen LogP contribution in [0.5, 0.6) is 11.5 Å². The molecule has 1 aromatic rings. The quantitative estimate of drug-likeness (QED) is 0.742. The molecule has 0 aliphatic rings. The van der Waals surface area contributed by atoms with Gasteiger partial charge in [-0.15, -0.1) is 0 Å². The van der Waals surface area contributed by atoms with Crippen LogP contribution in [0.4, 0.5) is 0 Å². The summed E-state index contributed by atoms with van der Waals surface area (Å²) in [5.41, 5.74) is 1.07. The summed E-state index contributed by atoms with van der Waals surface area (Å²) >= 11 is 0.